The Hall–Kier alpha value is -1.24. The third-order valence-electron chi connectivity index (χ3n) is 3.94. The molecule has 2 aromatic rings. The summed E-state index contributed by atoms with van der Waals surface area (Å²) in [5.74, 6) is -0.0646. The Labute approximate surface area is 149 Å². The average Bonchev–Trinajstić information content (AvgIpc) is 3.02. The summed E-state index contributed by atoms with van der Waals surface area (Å²) in [5.41, 5.74) is 1.78. The average molecular weight is 394 g/mol. The number of carbonyl (C=O) groups is 1. The maximum Gasteiger partial charge on any atom is 0.251 e. The summed E-state index contributed by atoms with van der Waals surface area (Å²) in [6.45, 7) is 3.76. The fourth-order valence-corrected chi connectivity index (χ4v) is 3.70. The second-order valence-corrected chi connectivity index (χ2v) is 7.62. The summed E-state index contributed by atoms with van der Waals surface area (Å²) in [6.07, 6.45) is 3.93. The SMILES string of the molecule is O=C(NCc1nc(CN2CCCCC2)cs1)c1ccc(Br)cc1. The minimum Gasteiger partial charge on any atom is -0.346 e. The lowest BCUT2D eigenvalue weighted by atomic mass is 10.1. The largest absolute Gasteiger partial charge is 0.346 e. The van der Waals surface area contributed by atoms with Crippen LogP contribution in [-0.4, -0.2) is 28.9 Å². The van der Waals surface area contributed by atoms with Gasteiger partial charge in [0.1, 0.15) is 5.01 Å². The molecule has 0 bridgehead atoms. The molecule has 1 aliphatic heterocycles. The zero-order valence-corrected chi connectivity index (χ0v) is 15.3. The predicted octanol–water partition coefficient (Wildman–Crippen LogP) is 3.82. The zero-order chi connectivity index (χ0) is 16.1. The first-order chi connectivity index (χ1) is 11.2. The molecule has 3 rings (SSSR count). The normalized spacial score (nSPS) is 15.5. The van der Waals surface area contributed by atoms with Gasteiger partial charge in [-0.05, 0) is 50.2 Å². The van der Waals surface area contributed by atoms with Gasteiger partial charge in [-0.25, -0.2) is 4.98 Å². The van der Waals surface area contributed by atoms with Crippen LogP contribution < -0.4 is 5.32 Å². The van der Waals surface area contributed by atoms with E-state index in [4.69, 9.17) is 0 Å². The van der Waals surface area contributed by atoms with Gasteiger partial charge in [0.15, 0.2) is 0 Å². The quantitative estimate of drug-likeness (QED) is 0.839. The molecule has 1 fully saturated rings. The molecule has 1 aliphatic rings. The smallest absolute Gasteiger partial charge is 0.251 e. The van der Waals surface area contributed by atoms with Crippen molar-refractivity contribution >= 4 is 33.2 Å². The molecule has 1 N–H and O–H groups in total. The third-order valence-corrected chi connectivity index (χ3v) is 5.37. The topological polar surface area (TPSA) is 45.2 Å². The Bertz CT molecular complexity index is 650. The number of rotatable bonds is 5. The molecule has 122 valence electrons. The molecular formula is C17H20BrN3OS. The molecule has 1 aromatic carbocycles. The van der Waals surface area contributed by atoms with Crippen molar-refractivity contribution in [1.82, 2.24) is 15.2 Å². The Morgan fingerprint density at radius 1 is 1.22 bits per heavy atom. The van der Waals surface area contributed by atoms with Crippen molar-refractivity contribution in [3.05, 3.63) is 50.4 Å². The molecule has 0 aliphatic carbocycles. The van der Waals surface area contributed by atoms with Gasteiger partial charge in [0.05, 0.1) is 12.2 Å². The minimum absolute atomic E-state index is 0.0646. The Morgan fingerprint density at radius 3 is 2.70 bits per heavy atom. The molecule has 0 spiro atoms. The lowest BCUT2D eigenvalue weighted by Gasteiger charge is -2.25. The van der Waals surface area contributed by atoms with Gasteiger partial charge < -0.3 is 5.32 Å². The van der Waals surface area contributed by atoms with Gasteiger partial charge in [0, 0.05) is 22.0 Å². The van der Waals surface area contributed by atoms with Gasteiger partial charge in [0.25, 0.3) is 5.91 Å². The number of amides is 1. The fourth-order valence-electron chi connectivity index (χ4n) is 2.71. The van der Waals surface area contributed by atoms with E-state index in [9.17, 15) is 4.79 Å². The van der Waals surface area contributed by atoms with Crippen LogP contribution >= 0.6 is 27.3 Å². The van der Waals surface area contributed by atoms with Crippen LogP contribution in [-0.2, 0) is 13.1 Å². The van der Waals surface area contributed by atoms with Crippen LogP contribution in [0.15, 0.2) is 34.1 Å². The Kier molecular flexibility index (Phi) is 5.80. The second kappa shape index (κ2) is 8.04. The van der Waals surface area contributed by atoms with Crippen molar-refractivity contribution in [2.45, 2.75) is 32.4 Å². The van der Waals surface area contributed by atoms with E-state index in [2.05, 4.69) is 36.5 Å². The monoisotopic (exact) mass is 393 g/mol. The van der Waals surface area contributed by atoms with Crippen molar-refractivity contribution in [3.63, 3.8) is 0 Å². The van der Waals surface area contributed by atoms with Crippen LogP contribution in [0.2, 0.25) is 0 Å². The number of hydrogen-bond donors (Lipinski definition) is 1. The first kappa shape index (κ1) is 16.6. The molecule has 1 saturated heterocycles. The molecule has 1 aromatic heterocycles. The summed E-state index contributed by atoms with van der Waals surface area (Å²) in [6, 6.07) is 7.36. The minimum atomic E-state index is -0.0646. The Balaban J connectivity index is 1.50. The van der Waals surface area contributed by atoms with Crippen LogP contribution in [0.1, 0.15) is 40.3 Å². The van der Waals surface area contributed by atoms with Gasteiger partial charge in [-0.15, -0.1) is 11.3 Å². The van der Waals surface area contributed by atoms with E-state index in [0.29, 0.717) is 12.1 Å². The van der Waals surface area contributed by atoms with E-state index >= 15 is 0 Å². The fraction of sp³-hybridized carbons (Fsp3) is 0.412. The molecule has 0 unspecified atom stereocenters. The molecule has 23 heavy (non-hydrogen) atoms. The van der Waals surface area contributed by atoms with E-state index < -0.39 is 0 Å². The number of hydrogen-bond acceptors (Lipinski definition) is 4. The summed E-state index contributed by atoms with van der Waals surface area (Å²) < 4.78 is 0.969. The lowest BCUT2D eigenvalue weighted by Crippen LogP contribution is -2.29. The summed E-state index contributed by atoms with van der Waals surface area (Å²) in [4.78, 5) is 19.2. The van der Waals surface area contributed by atoms with Gasteiger partial charge in [-0.1, -0.05) is 22.4 Å². The Morgan fingerprint density at radius 2 is 1.96 bits per heavy atom. The van der Waals surface area contributed by atoms with Gasteiger partial charge >= 0.3 is 0 Å². The number of benzene rings is 1. The van der Waals surface area contributed by atoms with Gasteiger partial charge in [-0.3, -0.25) is 9.69 Å². The van der Waals surface area contributed by atoms with E-state index in [-0.39, 0.29) is 5.91 Å². The molecule has 1 amide bonds. The van der Waals surface area contributed by atoms with Crippen molar-refractivity contribution in [2.75, 3.05) is 13.1 Å². The van der Waals surface area contributed by atoms with Gasteiger partial charge in [-0.2, -0.15) is 0 Å². The molecule has 6 heteroatoms. The molecule has 0 atom stereocenters. The highest BCUT2D eigenvalue weighted by molar-refractivity contribution is 9.10. The molecule has 0 saturated carbocycles. The second-order valence-electron chi connectivity index (χ2n) is 5.76. The number of piperidine rings is 1. The first-order valence-electron chi connectivity index (χ1n) is 7.90. The van der Waals surface area contributed by atoms with Crippen molar-refractivity contribution in [2.24, 2.45) is 0 Å². The number of carbonyl (C=O) groups excluding carboxylic acids is 1. The number of likely N-dealkylation sites (tertiary alicyclic amines) is 1. The predicted molar refractivity (Wildman–Crippen MR) is 96.6 cm³/mol. The zero-order valence-electron chi connectivity index (χ0n) is 12.9. The highest BCUT2D eigenvalue weighted by Crippen LogP contribution is 2.16. The van der Waals surface area contributed by atoms with Crippen LogP contribution in [0.3, 0.4) is 0 Å². The summed E-state index contributed by atoms with van der Waals surface area (Å²) in [5, 5.41) is 6.00. The van der Waals surface area contributed by atoms with E-state index in [1.165, 1.54) is 32.4 Å². The van der Waals surface area contributed by atoms with Crippen LogP contribution in [0.4, 0.5) is 0 Å². The third kappa shape index (κ3) is 4.86. The van der Waals surface area contributed by atoms with Crippen molar-refractivity contribution in [1.29, 1.82) is 0 Å². The van der Waals surface area contributed by atoms with Crippen LogP contribution in [0.25, 0.3) is 0 Å². The number of thiazole rings is 1. The lowest BCUT2D eigenvalue weighted by molar-refractivity contribution is 0.0951. The number of aromatic nitrogens is 1. The van der Waals surface area contributed by atoms with Crippen LogP contribution in [0, 0.1) is 0 Å². The van der Waals surface area contributed by atoms with E-state index in [0.717, 1.165) is 21.7 Å². The van der Waals surface area contributed by atoms with Gasteiger partial charge in [0.2, 0.25) is 0 Å². The van der Waals surface area contributed by atoms with Crippen LogP contribution in [0.5, 0.6) is 0 Å². The van der Waals surface area contributed by atoms with E-state index in [1.54, 1.807) is 11.3 Å². The standard InChI is InChI=1S/C17H20BrN3OS/c18-14-6-4-13(5-7-14)17(22)19-10-16-20-15(12-23-16)11-21-8-2-1-3-9-21/h4-7,12H,1-3,8-11H2,(H,19,22). The first-order valence-corrected chi connectivity index (χ1v) is 9.57. The maximum atomic E-state index is 12.1. The number of nitrogens with one attached hydrogen (secondary N) is 1. The number of nitrogens with zero attached hydrogens (tertiary/aromatic N) is 2. The van der Waals surface area contributed by atoms with E-state index in [1.807, 2.05) is 24.3 Å². The maximum absolute atomic E-state index is 12.1. The molecule has 4 nitrogen and oxygen atoms in total. The molecular weight excluding hydrogens is 374 g/mol. The molecule has 0 radical (unpaired) electrons. The number of halogens is 1. The molecule has 2 heterocycles. The highest BCUT2D eigenvalue weighted by Gasteiger charge is 2.13. The van der Waals surface area contributed by atoms with Crippen molar-refractivity contribution in [3.8, 4) is 0 Å². The van der Waals surface area contributed by atoms with Crippen molar-refractivity contribution < 1.29 is 4.79 Å². The summed E-state index contributed by atoms with van der Waals surface area (Å²) in [7, 11) is 0. The highest BCUT2D eigenvalue weighted by atomic mass is 79.9. The summed E-state index contributed by atoms with van der Waals surface area (Å²) >= 11 is 4.99.